The van der Waals surface area contributed by atoms with Gasteiger partial charge in [-0.2, -0.15) is 0 Å². The molecule has 1 saturated heterocycles. The molecule has 0 radical (unpaired) electrons. The zero-order valence-electron chi connectivity index (χ0n) is 13.0. The summed E-state index contributed by atoms with van der Waals surface area (Å²) >= 11 is 0. The van der Waals surface area contributed by atoms with Crippen LogP contribution in [0.5, 0.6) is 0 Å². The quantitative estimate of drug-likeness (QED) is 0.438. The van der Waals surface area contributed by atoms with Gasteiger partial charge >= 0.3 is 6.03 Å². The number of imide groups is 1. The minimum absolute atomic E-state index is 0.0881. The molecular weight excluding hydrogens is 304 g/mol. The molecule has 2 aliphatic rings. The minimum atomic E-state index is -0.873. The molecule has 0 spiro atoms. The van der Waals surface area contributed by atoms with E-state index >= 15 is 0 Å². The van der Waals surface area contributed by atoms with Crippen LogP contribution in [-0.2, 0) is 19.1 Å². The fourth-order valence-electron chi connectivity index (χ4n) is 2.39. The van der Waals surface area contributed by atoms with Crippen molar-refractivity contribution in [2.75, 3.05) is 20.3 Å². The molecule has 1 saturated carbocycles. The van der Waals surface area contributed by atoms with E-state index < -0.39 is 23.9 Å². The second kappa shape index (κ2) is 7.91. The summed E-state index contributed by atoms with van der Waals surface area (Å²) in [6.07, 6.45) is 2.14. The average molecular weight is 326 g/mol. The number of urea groups is 1. The molecule has 1 heterocycles. The van der Waals surface area contributed by atoms with Crippen molar-refractivity contribution in [3.05, 3.63) is 0 Å². The molecule has 1 unspecified atom stereocenters. The van der Waals surface area contributed by atoms with Crippen LogP contribution in [0.3, 0.4) is 0 Å². The molecule has 2 fully saturated rings. The van der Waals surface area contributed by atoms with E-state index in [1.165, 1.54) is 7.11 Å². The Morgan fingerprint density at radius 1 is 1.35 bits per heavy atom. The molecule has 2 atom stereocenters. The zero-order valence-corrected chi connectivity index (χ0v) is 13.0. The molecule has 128 valence electrons. The molecule has 1 aliphatic carbocycles. The first-order chi connectivity index (χ1) is 11.0. The first-order valence-corrected chi connectivity index (χ1v) is 7.66. The topological polar surface area (TPSA) is 126 Å². The van der Waals surface area contributed by atoms with Crippen molar-refractivity contribution in [1.29, 1.82) is 0 Å². The van der Waals surface area contributed by atoms with E-state index in [1.54, 1.807) is 0 Å². The van der Waals surface area contributed by atoms with Gasteiger partial charge in [-0.05, 0) is 18.8 Å². The number of ether oxygens (including phenoxy) is 1. The standard InChI is InChI=1S/C14H22N4O5/c1-23-5-4-11(19)15-7-10(8-2-3-8)16-13(21)9-6-12(20)18-14(22)17-9/h8-10H,2-7H2,1H3,(H,15,19)(H,16,21)(H2,17,18,20,22)/t9-,10?/m0/s1. The molecule has 1 aliphatic heterocycles. The van der Waals surface area contributed by atoms with Gasteiger partial charge < -0.3 is 20.7 Å². The summed E-state index contributed by atoms with van der Waals surface area (Å²) in [6, 6.07) is -1.74. The lowest BCUT2D eigenvalue weighted by Gasteiger charge is -2.25. The normalized spacial score (nSPS) is 21.9. The maximum absolute atomic E-state index is 12.2. The Morgan fingerprint density at radius 3 is 2.70 bits per heavy atom. The minimum Gasteiger partial charge on any atom is -0.384 e. The van der Waals surface area contributed by atoms with Crippen molar-refractivity contribution in [3.8, 4) is 0 Å². The van der Waals surface area contributed by atoms with E-state index in [1.807, 2.05) is 0 Å². The van der Waals surface area contributed by atoms with Gasteiger partial charge in [-0.3, -0.25) is 19.7 Å². The average Bonchev–Trinajstić information content (AvgIpc) is 3.32. The van der Waals surface area contributed by atoms with Gasteiger partial charge in [0, 0.05) is 26.1 Å². The van der Waals surface area contributed by atoms with Gasteiger partial charge in [0.25, 0.3) is 0 Å². The highest BCUT2D eigenvalue weighted by atomic mass is 16.5. The van der Waals surface area contributed by atoms with Crippen molar-refractivity contribution in [2.24, 2.45) is 5.92 Å². The summed E-state index contributed by atoms with van der Waals surface area (Å²) in [4.78, 5) is 46.4. The summed E-state index contributed by atoms with van der Waals surface area (Å²) in [5, 5.41) is 10.1. The largest absolute Gasteiger partial charge is 0.384 e. The lowest BCUT2D eigenvalue weighted by molar-refractivity contribution is -0.129. The Morgan fingerprint density at radius 2 is 2.09 bits per heavy atom. The van der Waals surface area contributed by atoms with Gasteiger partial charge in [0.15, 0.2) is 0 Å². The smallest absolute Gasteiger partial charge is 0.322 e. The van der Waals surface area contributed by atoms with Gasteiger partial charge in [-0.25, -0.2) is 4.79 Å². The molecule has 0 aromatic carbocycles. The number of carbonyl (C=O) groups excluding carboxylic acids is 4. The van der Waals surface area contributed by atoms with E-state index in [4.69, 9.17) is 4.74 Å². The van der Waals surface area contributed by atoms with Gasteiger partial charge in [-0.15, -0.1) is 0 Å². The Balaban J connectivity index is 1.81. The van der Waals surface area contributed by atoms with E-state index in [0.717, 1.165) is 12.8 Å². The number of rotatable bonds is 8. The van der Waals surface area contributed by atoms with Crippen molar-refractivity contribution >= 4 is 23.8 Å². The summed E-state index contributed by atoms with van der Waals surface area (Å²) in [6.45, 7) is 0.668. The summed E-state index contributed by atoms with van der Waals surface area (Å²) in [7, 11) is 1.52. The number of carbonyl (C=O) groups is 4. The first-order valence-electron chi connectivity index (χ1n) is 7.66. The number of hydrogen-bond donors (Lipinski definition) is 4. The zero-order chi connectivity index (χ0) is 16.8. The van der Waals surface area contributed by atoms with E-state index in [2.05, 4.69) is 21.3 Å². The van der Waals surface area contributed by atoms with Crippen molar-refractivity contribution in [3.63, 3.8) is 0 Å². The number of amides is 5. The van der Waals surface area contributed by atoms with Crippen molar-refractivity contribution < 1.29 is 23.9 Å². The fourth-order valence-corrected chi connectivity index (χ4v) is 2.39. The van der Waals surface area contributed by atoms with E-state index in [9.17, 15) is 19.2 Å². The molecule has 4 N–H and O–H groups in total. The van der Waals surface area contributed by atoms with Gasteiger partial charge in [0.05, 0.1) is 13.0 Å². The van der Waals surface area contributed by atoms with E-state index in [-0.39, 0.29) is 24.8 Å². The van der Waals surface area contributed by atoms with Crippen LogP contribution in [0.25, 0.3) is 0 Å². The number of nitrogens with one attached hydrogen (secondary N) is 4. The predicted molar refractivity (Wildman–Crippen MR) is 79.2 cm³/mol. The van der Waals surface area contributed by atoms with Crippen LogP contribution >= 0.6 is 0 Å². The van der Waals surface area contributed by atoms with Crippen molar-refractivity contribution in [1.82, 2.24) is 21.3 Å². The fraction of sp³-hybridized carbons (Fsp3) is 0.714. The third kappa shape index (κ3) is 5.51. The molecule has 9 heteroatoms. The third-order valence-electron chi connectivity index (χ3n) is 3.84. The Kier molecular flexibility index (Phi) is 5.91. The first kappa shape index (κ1) is 17.2. The van der Waals surface area contributed by atoms with Crippen molar-refractivity contribution in [2.45, 2.75) is 37.8 Å². The van der Waals surface area contributed by atoms with Crippen LogP contribution in [0.4, 0.5) is 4.79 Å². The Hall–Kier alpha value is -2.16. The molecular formula is C14H22N4O5. The predicted octanol–water partition coefficient (Wildman–Crippen LogP) is -1.37. The van der Waals surface area contributed by atoms with E-state index in [0.29, 0.717) is 19.1 Å². The highest BCUT2D eigenvalue weighted by Gasteiger charge is 2.36. The lowest BCUT2D eigenvalue weighted by atomic mass is 10.1. The summed E-state index contributed by atoms with van der Waals surface area (Å²) in [5.74, 6) is -0.715. The molecule has 5 amide bonds. The summed E-state index contributed by atoms with van der Waals surface area (Å²) < 4.78 is 4.83. The van der Waals surface area contributed by atoms with Crippen LogP contribution in [0.1, 0.15) is 25.7 Å². The summed E-state index contributed by atoms with van der Waals surface area (Å²) in [5.41, 5.74) is 0. The maximum Gasteiger partial charge on any atom is 0.322 e. The second-order valence-corrected chi connectivity index (χ2v) is 5.78. The van der Waals surface area contributed by atoms with Gasteiger partial charge in [-0.1, -0.05) is 0 Å². The molecule has 9 nitrogen and oxygen atoms in total. The molecule has 2 rings (SSSR count). The van der Waals surface area contributed by atoms with Gasteiger partial charge in [0.1, 0.15) is 6.04 Å². The third-order valence-corrected chi connectivity index (χ3v) is 3.84. The molecule has 0 aromatic rings. The maximum atomic E-state index is 12.2. The van der Waals surface area contributed by atoms with Gasteiger partial charge in [0.2, 0.25) is 17.7 Å². The SMILES string of the molecule is COCCC(=O)NCC(NC(=O)[C@@H]1CC(=O)NC(=O)N1)C1CC1. The van der Waals surface area contributed by atoms with Crippen LogP contribution in [0.2, 0.25) is 0 Å². The lowest BCUT2D eigenvalue weighted by Crippen LogP contribution is -2.59. The molecule has 0 aromatic heterocycles. The second-order valence-electron chi connectivity index (χ2n) is 5.78. The Bertz CT molecular complexity index is 476. The van der Waals surface area contributed by atoms with Crippen LogP contribution in [0, 0.1) is 5.92 Å². The van der Waals surface area contributed by atoms with Crippen LogP contribution in [-0.4, -0.2) is 56.1 Å². The van der Waals surface area contributed by atoms with Crippen LogP contribution < -0.4 is 21.3 Å². The monoisotopic (exact) mass is 326 g/mol. The highest BCUT2D eigenvalue weighted by molar-refractivity contribution is 6.02. The number of hydrogen-bond acceptors (Lipinski definition) is 5. The van der Waals surface area contributed by atoms with Crippen LogP contribution in [0.15, 0.2) is 0 Å². The molecule has 23 heavy (non-hydrogen) atoms. The highest BCUT2D eigenvalue weighted by Crippen LogP contribution is 2.32. The molecule has 0 bridgehead atoms. The Labute approximate surface area is 133 Å². The number of methoxy groups -OCH3 is 1.